The number of rotatable bonds is 6. The predicted molar refractivity (Wildman–Crippen MR) is 259 cm³/mol. The maximum absolute atomic E-state index is 2.70. The van der Waals surface area contributed by atoms with Crippen LogP contribution in [0.4, 0.5) is 22.7 Å². The topological polar surface area (TPSA) is 6.48 Å². The minimum atomic E-state index is -0.122. The van der Waals surface area contributed by atoms with Crippen molar-refractivity contribution < 1.29 is 0 Å². The van der Waals surface area contributed by atoms with Crippen molar-refractivity contribution in [2.24, 2.45) is 11.8 Å². The van der Waals surface area contributed by atoms with Crippen molar-refractivity contribution in [2.45, 2.75) is 134 Å². The molecule has 0 amide bonds. The second-order valence-corrected chi connectivity index (χ2v) is 21.2. The third kappa shape index (κ3) is 5.26. The first-order valence-electron chi connectivity index (χ1n) is 23.6. The summed E-state index contributed by atoms with van der Waals surface area (Å²) in [5, 5.41) is 0. The average Bonchev–Trinajstić information content (AvgIpc) is 3.73. The smallest absolute Gasteiger partial charge is 0.0518 e. The molecule has 0 N–H and O–H groups in total. The summed E-state index contributed by atoms with van der Waals surface area (Å²) >= 11 is 0. The molecule has 2 heterocycles. The highest BCUT2D eigenvalue weighted by Gasteiger charge is 2.60. The number of para-hydroxylation sites is 2. The molecule has 6 aromatic rings. The van der Waals surface area contributed by atoms with E-state index in [0.717, 1.165) is 11.8 Å². The third-order valence-corrected chi connectivity index (χ3v) is 18.0. The fourth-order valence-electron chi connectivity index (χ4n) is 13.9. The molecular weight excluding hydrogens is 737 g/mol. The molecule has 6 atom stereocenters. The molecule has 6 unspecified atom stereocenters. The van der Waals surface area contributed by atoms with Gasteiger partial charge in [-0.05, 0) is 181 Å². The quantitative estimate of drug-likeness (QED) is 0.166. The van der Waals surface area contributed by atoms with Gasteiger partial charge in [0.2, 0.25) is 0 Å². The number of hydrogen-bond donors (Lipinski definition) is 0. The Morgan fingerprint density at radius 2 is 0.803 bits per heavy atom. The Hall–Kier alpha value is -5.08. The summed E-state index contributed by atoms with van der Waals surface area (Å²) in [4.78, 5) is 5.41. The van der Waals surface area contributed by atoms with Crippen molar-refractivity contribution in [1.82, 2.24) is 0 Å². The largest absolute Gasteiger partial charge is 0.334 e. The lowest BCUT2D eigenvalue weighted by atomic mass is 9.58. The molecule has 0 saturated heterocycles. The van der Waals surface area contributed by atoms with Crippen LogP contribution in [0.3, 0.4) is 0 Å². The first-order chi connectivity index (χ1) is 29.3. The molecule has 2 heteroatoms. The van der Waals surface area contributed by atoms with Crippen LogP contribution >= 0.6 is 0 Å². The summed E-state index contributed by atoms with van der Waals surface area (Å²) in [5.74, 6) is 1.53. The highest BCUT2D eigenvalue weighted by molar-refractivity contribution is 5.88. The molecule has 3 aliphatic carbocycles. The molecule has 6 aromatic carbocycles. The van der Waals surface area contributed by atoms with Gasteiger partial charge in [0.25, 0.3) is 0 Å². The minimum absolute atomic E-state index is 0.0338. The van der Waals surface area contributed by atoms with E-state index in [4.69, 9.17) is 0 Å². The second-order valence-electron chi connectivity index (χ2n) is 21.2. The van der Waals surface area contributed by atoms with Crippen LogP contribution in [0.1, 0.15) is 129 Å². The van der Waals surface area contributed by atoms with E-state index in [1.807, 2.05) is 0 Å². The van der Waals surface area contributed by atoms with E-state index in [2.05, 4.69) is 199 Å². The Kier molecular flexibility index (Phi) is 8.56. The van der Waals surface area contributed by atoms with Crippen molar-refractivity contribution in [3.63, 3.8) is 0 Å². The van der Waals surface area contributed by atoms with Crippen LogP contribution < -0.4 is 9.80 Å². The SMILES string of the molecule is CCC1CCC2(C)N(c3ccccc3)c3ccc(-c4ccc5c(c4)C(C)(C)c4cc(-c6ccc7c(c6)C6(C)CC(CC)CCC6(C)N7c6ccccc6)ccc4-5)cc3C2(C)C1. The summed E-state index contributed by atoms with van der Waals surface area (Å²) in [6.45, 7) is 19.9. The van der Waals surface area contributed by atoms with Gasteiger partial charge in [-0.2, -0.15) is 0 Å². The van der Waals surface area contributed by atoms with Crippen LogP contribution in [0.15, 0.2) is 133 Å². The molecule has 0 bridgehead atoms. The van der Waals surface area contributed by atoms with Gasteiger partial charge in [-0.25, -0.2) is 0 Å². The summed E-state index contributed by atoms with van der Waals surface area (Å²) in [5.41, 5.74) is 19.5. The summed E-state index contributed by atoms with van der Waals surface area (Å²) in [6, 6.07) is 51.9. The van der Waals surface area contributed by atoms with Crippen LogP contribution in [-0.2, 0) is 16.2 Å². The highest BCUT2D eigenvalue weighted by Crippen LogP contribution is 2.64. The van der Waals surface area contributed by atoms with Crippen molar-refractivity contribution in [3.8, 4) is 33.4 Å². The zero-order chi connectivity index (χ0) is 42.1. The van der Waals surface area contributed by atoms with Gasteiger partial charge in [0.05, 0.1) is 11.1 Å². The van der Waals surface area contributed by atoms with Gasteiger partial charge < -0.3 is 9.80 Å². The number of fused-ring (bicyclic) bond motifs is 9. The van der Waals surface area contributed by atoms with Gasteiger partial charge >= 0.3 is 0 Å². The van der Waals surface area contributed by atoms with E-state index in [0.29, 0.717) is 0 Å². The lowest BCUT2D eigenvalue weighted by Crippen LogP contribution is -2.56. The van der Waals surface area contributed by atoms with Crippen LogP contribution in [0.25, 0.3) is 33.4 Å². The average molecular weight is 801 g/mol. The molecule has 2 fully saturated rings. The maximum atomic E-state index is 2.70. The molecule has 11 rings (SSSR count). The summed E-state index contributed by atoms with van der Waals surface area (Å²) in [7, 11) is 0. The highest BCUT2D eigenvalue weighted by atomic mass is 15.3. The lowest BCUT2D eigenvalue weighted by molar-refractivity contribution is 0.143. The minimum Gasteiger partial charge on any atom is -0.334 e. The van der Waals surface area contributed by atoms with E-state index >= 15 is 0 Å². The Morgan fingerprint density at radius 3 is 1.18 bits per heavy atom. The van der Waals surface area contributed by atoms with Gasteiger partial charge in [-0.15, -0.1) is 0 Å². The van der Waals surface area contributed by atoms with E-state index in [1.165, 1.54) is 130 Å². The van der Waals surface area contributed by atoms with Crippen molar-refractivity contribution in [2.75, 3.05) is 9.80 Å². The van der Waals surface area contributed by atoms with Gasteiger partial charge in [0.1, 0.15) is 0 Å². The molecule has 0 radical (unpaired) electrons. The molecule has 2 nitrogen and oxygen atoms in total. The normalized spacial score (nSPS) is 29.0. The van der Waals surface area contributed by atoms with Crippen LogP contribution in [0.2, 0.25) is 0 Å². The van der Waals surface area contributed by atoms with Gasteiger partial charge in [-0.3, -0.25) is 0 Å². The zero-order valence-electron chi connectivity index (χ0n) is 37.9. The van der Waals surface area contributed by atoms with Crippen LogP contribution in [0.5, 0.6) is 0 Å². The summed E-state index contributed by atoms with van der Waals surface area (Å²) in [6.07, 6.45) is 10.0. The molecular formula is C59H64N2. The van der Waals surface area contributed by atoms with Gasteiger partial charge in [0.15, 0.2) is 0 Å². The predicted octanol–water partition coefficient (Wildman–Crippen LogP) is 16.1. The lowest BCUT2D eigenvalue weighted by Gasteiger charge is -2.52. The number of nitrogens with zero attached hydrogens (tertiary/aromatic N) is 2. The summed E-state index contributed by atoms with van der Waals surface area (Å²) < 4.78 is 0. The fraction of sp³-hybridized carbons (Fsp3) is 0.390. The fourth-order valence-corrected chi connectivity index (χ4v) is 13.9. The van der Waals surface area contributed by atoms with Crippen LogP contribution in [0, 0.1) is 11.8 Å². The van der Waals surface area contributed by atoms with Crippen molar-refractivity contribution in [1.29, 1.82) is 0 Å². The number of anilines is 4. The molecule has 5 aliphatic rings. The number of hydrogen-bond acceptors (Lipinski definition) is 2. The van der Waals surface area contributed by atoms with Crippen molar-refractivity contribution >= 4 is 22.7 Å². The Morgan fingerprint density at radius 1 is 0.443 bits per heavy atom. The molecule has 0 spiro atoms. The van der Waals surface area contributed by atoms with E-state index in [-0.39, 0.29) is 27.3 Å². The zero-order valence-corrected chi connectivity index (χ0v) is 37.9. The van der Waals surface area contributed by atoms with Gasteiger partial charge in [0, 0.05) is 39.0 Å². The number of benzene rings is 6. The van der Waals surface area contributed by atoms with E-state index < -0.39 is 0 Å². The van der Waals surface area contributed by atoms with Gasteiger partial charge in [-0.1, -0.05) is 127 Å². The first kappa shape index (κ1) is 38.8. The third-order valence-electron chi connectivity index (χ3n) is 18.0. The van der Waals surface area contributed by atoms with Crippen molar-refractivity contribution in [3.05, 3.63) is 156 Å². The van der Waals surface area contributed by atoms with Crippen LogP contribution in [-0.4, -0.2) is 11.1 Å². The standard InChI is InChI=1S/C59H64N2/c1-9-39-29-31-58(7)56(5,37-39)51-35-43(23-27-53(51)60(58)45-17-13-11-14-18-45)41-21-25-47-48-26-22-42(34-50(48)55(3,4)49(47)33-41)44-24-28-54-52(36-44)57(6)38-40(10-2)30-32-59(57,8)61(54)46-19-15-12-16-20-46/h11-28,33-36,39-40H,9-10,29-32,37-38H2,1-8H3. The molecule has 2 aliphatic heterocycles. The second kappa shape index (κ2) is 13.5. The Labute approximate surface area is 366 Å². The maximum Gasteiger partial charge on any atom is 0.0518 e. The first-order valence-corrected chi connectivity index (χ1v) is 23.6. The monoisotopic (exact) mass is 801 g/mol. The Bertz CT molecular complexity index is 2510. The van der Waals surface area contributed by atoms with E-state index in [9.17, 15) is 0 Å². The Balaban J connectivity index is 0.963. The van der Waals surface area contributed by atoms with E-state index in [1.54, 1.807) is 0 Å². The molecule has 61 heavy (non-hydrogen) atoms. The molecule has 310 valence electrons. The molecule has 0 aromatic heterocycles. The molecule has 2 saturated carbocycles.